The number of hydrogen-bond acceptors (Lipinski definition) is 4. The summed E-state index contributed by atoms with van der Waals surface area (Å²) in [6.07, 6.45) is 5.15. The second-order valence-corrected chi connectivity index (χ2v) is 5.08. The van der Waals surface area contributed by atoms with Crippen molar-refractivity contribution in [3.8, 4) is 0 Å². The maximum Gasteiger partial charge on any atom is 0.363 e. The summed E-state index contributed by atoms with van der Waals surface area (Å²) in [5, 5.41) is 4.05. The molecule has 0 saturated carbocycles. The molecule has 5 heteroatoms. The number of ether oxygens (including phenoxy) is 1. The Labute approximate surface area is 122 Å². The number of benzene rings is 1. The zero-order chi connectivity index (χ0) is 15.0. The Hall–Kier alpha value is -2.69. The lowest BCUT2D eigenvalue weighted by atomic mass is 10.1. The molecule has 106 valence electrons. The molecule has 2 heterocycles. The van der Waals surface area contributed by atoms with Crippen molar-refractivity contribution in [1.82, 2.24) is 9.78 Å². The average Bonchev–Trinajstić information content (AvgIpc) is 3.00. The summed E-state index contributed by atoms with van der Waals surface area (Å²) in [6.45, 7) is 4.05. The van der Waals surface area contributed by atoms with Crippen molar-refractivity contribution in [2.75, 3.05) is 0 Å². The summed E-state index contributed by atoms with van der Waals surface area (Å²) in [6, 6.07) is 5.86. The number of carbonyl (C=O) groups is 1. The second-order valence-electron chi connectivity index (χ2n) is 5.08. The van der Waals surface area contributed by atoms with E-state index in [2.05, 4.69) is 10.1 Å². The van der Waals surface area contributed by atoms with Crippen molar-refractivity contribution in [1.29, 1.82) is 0 Å². The lowest BCUT2D eigenvalue weighted by Gasteiger charge is -2.03. The van der Waals surface area contributed by atoms with Gasteiger partial charge in [-0.05, 0) is 43.2 Å². The van der Waals surface area contributed by atoms with E-state index < -0.39 is 5.97 Å². The van der Waals surface area contributed by atoms with Crippen LogP contribution < -0.4 is 0 Å². The molecule has 0 saturated heterocycles. The zero-order valence-corrected chi connectivity index (χ0v) is 12.1. The first kappa shape index (κ1) is 13.3. The molecular formula is C16H15N3O2. The Morgan fingerprint density at radius 2 is 2.05 bits per heavy atom. The molecule has 0 bridgehead atoms. The van der Waals surface area contributed by atoms with E-state index in [4.69, 9.17) is 4.74 Å². The van der Waals surface area contributed by atoms with Crippen LogP contribution in [0.15, 0.2) is 41.3 Å². The molecule has 1 aromatic carbocycles. The Kier molecular flexibility index (Phi) is 3.17. The van der Waals surface area contributed by atoms with Crippen molar-refractivity contribution < 1.29 is 9.53 Å². The highest BCUT2D eigenvalue weighted by atomic mass is 16.6. The minimum Gasteiger partial charge on any atom is -0.402 e. The highest BCUT2D eigenvalue weighted by Gasteiger charge is 2.24. The quantitative estimate of drug-likeness (QED) is 0.627. The van der Waals surface area contributed by atoms with Crippen LogP contribution in [0.1, 0.15) is 22.3 Å². The van der Waals surface area contributed by atoms with E-state index in [1.165, 1.54) is 5.56 Å². The molecule has 0 atom stereocenters. The van der Waals surface area contributed by atoms with E-state index in [-0.39, 0.29) is 5.70 Å². The maximum atomic E-state index is 11.9. The summed E-state index contributed by atoms with van der Waals surface area (Å²) in [5.74, 6) is -0.0923. The summed E-state index contributed by atoms with van der Waals surface area (Å²) in [5.41, 5.74) is 4.23. The van der Waals surface area contributed by atoms with Crippen molar-refractivity contribution in [2.24, 2.45) is 12.0 Å². The molecular weight excluding hydrogens is 266 g/mol. The van der Waals surface area contributed by atoms with Crippen LogP contribution in [0, 0.1) is 13.8 Å². The molecule has 0 radical (unpaired) electrons. The van der Waals surface area contributed by atoms with Gasteiger partial charge in [-0.15, -0.1) is 0 Å². The van der Waals surface area contributed by atoms with Gasteiger partial charge in [-0.2, -0.15) is 5.10 Å². The number of aryl methyl sites for hydroxylation is 3. The first-order valence-corrected chi connectivity index (χ1v) is 6.62. The van der Waals surface area contributed by atoms with Gasteiger partial charge in [0.05, 0.1) is 6.20 Å². The molecule has 5 nitrogen and oxygen atoms in total. The van der Waals surface area contributed by atoms with Crippen molar-refractivity contribution >= 4 is 17.9 Å². The van der Waals surface area contributed by atoms with Crippen LogP contribution in [0.4, 0.5) is 0 Å². The van der Waals surface area contributed by atoms with Gasteiger partial charge < -0.3 is 4.74 Å². The molecule has 0 spiro atoms. The largest absolute Gasteiger partial charge is 0.402 e. The van der Waals surface area contributed by atoms with Crippen molar-refractivity contribution in [2.45, 2.75) is 13.8 Å². The summed E-state index contributed by atoms with van der Waals surface area (Å²) >= 11 is 0. The van der Waals surface area contributed by atoms with Gasteiger partial charge in [-0.25, -0.2) is 9.79 Å². The highest BCUT2D eigenvalue weighted by molar-refractivity contribution is 6.12. The summed E-state index contributed by atoms with van der Waals surface area (Å²) in [4.78, 5) is 16.2. The molecule has 3 rings (SSSR count). The lowest BCUT2D eigenvalue weighted by molar-refractivity contribution is -0.129. The number of nitrogens with zero attached hydrogens (tertiary/aromatic N) is 3. The van der Waals surface area contributed by atoms with Crippen LogP contribution >= 0.6 is 0 Å². The number of esters is 1. The summed E-state index contributed by atoms with van der Waals surface area (Å²) in [7, 11) is 1.82. The van der Waals surface area contributed by atoms with Crippen LogP contribution in [0.25, 0.3) is 6.08 Å². The van der Waals surface area contributed by atoms with E-state index in [9.17, 15) is 4.79 Å². The third-order valence-electron chi connectivity index (χ3n) is 3.40. The normalized spacial score (nSPS) is 16.2. The van der Waals surface area contributed by atoms with Gasteiger partial charge >= 0.3 is 5.97 Å². The number of aromatic nitrogens is 2. The molecule has 1 aliphatic heterocycles. The fraction of sp³-hybridized carbons (Fsp3) is 0.188. The fourth-order valence-electron chi connectivity index (χ4n) is 2.08. The average molecular weight is 281 g/mol. The van der Waals surface area contributed by atoms with E-state index >= 15 is 0 Å². The van der Waals surface area contributed by atoms with Crippen LogP contribution in [0.5, 0.6) is 0 Å². The minimum atomic E-state index is -0.438. The monoisotopic (exact) mass is 281 g/mol. The predicted molar refractivity (Wildman–Crippen MR) is 79.7 cm³/mol. The van der Waals surface area contributed by atoms with Gasteiger partial charge in [0.15, 0.2) is 5.70 Å². The topological polar surface area (TPSA) is 56.5 Å². The Balaban J connectivity index is 1.95. The van der Waals surface area contributed by atoms with E-state index in [0.717, 1.165) is 16.7 Å². The van der Waals surface area contributed by atoms with Gasteiger partial charge in [0.25, 0.3) is 0 Å². The minimum absolute atomic E-state index is 0.288. The van der Waals surface area contributed by atoms with Gasteiger partial charge in [0, 0.05) is 24.4 Å². The standard InChI is InChI=1S/C16H15N3O2/c1-10-4-5-13(6-11(10)2)15-18-14(16(20)21-15)7-12-8-17-19(3)9-12/h4-9H,1-3H3/b14-7-. The molecule has 0 fully saturated rings. The van der Waals surface area contributed by atoms with E-state index in [1.807, 2.05) is 45.3 Å². The molecule has 21 heavy (non-hydrogen) atoms. The highest BCUT2D eigenvalue weighted by Crippen LogP contribution is 2.20. The Morgan fingerprint density at radius 3 is 2.71 bits per heavy atom. The van der Waals surface area contributed by atoms with Crippen LogP contribution in [0.2, 0.25) is 0 Å². The SMILES string of the molecule is Cc1ccc(C2=N/C(=C\c3cnn(C)c3)C(=O)O2)cc1C. The number of cyclic esters (lactones) is 1. The second kappa shape index (κ2) is 5.01. The van der Waals surface area contributed by atoms with Gasteiger partial charge in [-0.1, -0.05) is 6.07 Å². The number of aliphatic imine (C=N–C) groups is 1. The predicted octanol–water partition coefficient (Wildman–Crippen LogP) is 2.38. The third kappa shape index (κ3) is 2.63. The first-order chi connectivity index (χ1) is 10.0. The molecule has 1 aliphatic rings. The molecule has 1 aromatic heterocycles. The van der Waals surface area contributed by atoms with Crippen molar-refractivity contribution in [3.63, 3.8) is 0 Å². The van der Waals surface area contributed by atoms with E-state index in [1.54, 1.807) is 17.0 Å². The van der Waals surface area contributed by atoms with Gasteiger partial charge in [0.1, 0.15) is 0 Å². The lowest BCUT2D eigenvalue weighted by Crippen LogP contribution is -2.05. The van der Waals surface area contributed by atoms with Gasteiger partial charge in [0.2, 0.25) is 5.90 Å². The smallest absolute Gasteiger partial charge is 0.363 e. The molecule has 2 aromatic rings. The van der Waals surface area contributed by atoms with Crippen LogP contribution in [-0.4, -0.2) is 21.6 Å². The molecule has 0 aliphatic carbocycles. The third-order valence-corrected chi connectivity index (χ3v) is 3.40. The summed E-state index contributed by atoms with van der Waals surface area (Å²) < 4.78 is 6.92. The van der Waals surface area contributed by atoms with Crippen LogP contribution in [-0.2, 0) is 16.6 Å². The Morgan fingerprint density at radius 1 is 1.24 bits per heavy atom. The number of carbonyl (C=O) groups excluding carboxylic acids is 1. The Bertz CT molecular complexity index is 785. The molecule has 0 amide bonds. The molecule has 0 unspecified atom stereocenters. The van der Waals surface area contributed by atoms with Crippen molar-refractivity contribution in [3.05, 3.63) is 58.5 Å². The van der Waals surface area contributed by atoms with Crippen LogP contribution in [0.3, 0.4) is 0 Å². The fourth-order valence-corrected chi connectivity index (χ4v) is 2.08. The van der Waals surface area contributed by atoms with Gasteiger partial charge in [-0.3, -0.25) is 4.68 Å². The molecule has 0 N–H and O–H groups in total. The first-order valence-electron chi connectivity index (χ1n) is 6.62. The van der Waals surface area contributed by atoms with E-state index in [0.29, 0.717) is 5.90 Å². The maximum absolute atomic E-state index is 11.9. The number of rotatable bonds is 2. The number of hydrogen-bond donors (Lipinski definition) is 0. The zero-order valence-electron chi connectivity index (χ0n) is 12.1.